The van der Waals surface area contributed by atoms with Crippen LogP contribution in [0.25, 0.3) is 0 Å². The summed E-state index contributed by atoms with van der Waals surface area (Å²) in [5.41, 5.74) is -0.436. The Labute approximate surface area is 72.3 Å². The van der Waals surface area contributed by atoms with Crippen LogP contribution in [-0.4, -0.2) is 19.0 Å². The van der Waals surface area contributed by atoms with Crippen molar-refractivity contribution in [3.05, 3.63) is 12.0 Å². The van der Waals surface area contributed by atoms with Gasteiger partial charge < -0.3 is 9.47 Å². The minimum atomic E-state index is -0.482. The van der Waals surface area contributed by atoms with E-state index in [-0.39, 0.29) is 5.76 Å². The van der Waals surface area contributed by atoms with E-state index in [9.17, 15) is 5.11 Å². The highest BCUT2D eigenvalue weighted by Gasteiger charge is 2.59. The minimum Gasteiger partial charge on any atom is -0.869 e. The highest BCUT2D eigenvalue weighted by atomic mass is 16.9. The molecular formula is C9H14O3. The summed E-state index contributed by atoms with van der Waals surface area (Å²) in [6.07, 6.45) is 1.60. The van der Waals surface area contributed by atoms with Gasteiger partial charge in [0.05, 0.1) is 12.3 Å². The summed E-state index contributed by atoms with van der Waals surface area (Å²) < 4.78 is 8.43. The molecule has 2 heterocycles. The first-order chi connectivity index (χ1) is 5.48. The van der Waals surface area contributed by atoms with Gasteiger partial charge in [0.15, 0.2) is 6.61 Å². The molecule has 1 unspecified atom stereocenters. The van der Waals surface area contributed by atoms with Gasteiger partial charge in [0.2, 0.25) is 6.26 Å². The van der Waals surface area contributed by atoms with Crippen LogP contribution in [0.3, 0.4) is 0 Å². The fourth-order valence-corrected chi connectivity index (χ4v) is 1.78. The predicted molar refractivity (Wildman–Crippen MR) is 42.2 cm³/mol. The van der Waals surface area contributed by atoms with Gasteiger partial charge in [-0.3, -0.25) is 4.74 Å². The van der Waals surface area contributed by atoms with Gasteiger partial charge in [0.25, 0.3) is 0 Å². The number of fused-ring (bicyclic) bond motifs is 1. The standard InChI is InChI=1S/C9H14O3/c1-8(2)7(10)6-12-5-4-11-9(8,12)3/h6H,4-5H2,1-3H3. The summed E-state index contributed by atoms with van der Waals surface area (Å²) in [7, 11) is 0. The Bertz CT molecular complexity index is 244. The van der Waals surface area contributed by atoms with Gasteiger partial charge in [-0.25, -0.2) is 0 Å². The summed E-state index contributed by atoms with van der Waals surface area (Å²) in [4.78, 5) is 0. The maximum Gasteiger partial charge on any atom is 0.311 e. The summed E-state index contributed by atoms with van der Waals surface area (Å²) in [5.74, 6) is -0.348. The Kier molecular flexibility index (Phi) is 1.30. The van der Waals surface area contributed by atoms with E-state index in [1.54, 1.807) is 6.26 Å². The SMILES string of the molecule is CC1(C)C([O-])=C[O+]2CCOC21C. The van der Waals surface area contributed by atoms with Gasteiger partial charge in [-0.15, -0.1) is 0 Å². The largest absolute Gasteiger partial charge is 0.869 e. The molecule has 0 N–H and O–H groups in total. The second-order valence-electron chi connectivity index (χ2n) is 4.03. The summed E-state index contributed by atoms with van der Waals surface area (Å²) in [5, 5.41) is 11.5. The lowest BCUT2D eigenvalue weighted by Gasteiger charge is -2.36. The zero-order valence-electron chi connectivity index (χ0n) is 7.72. The van der Waals surface area contributed by atoms with Crippen molar-refractivity contribution in [2.75, 3.05) is 13.2 Å². The van der Waals surface area contributed by atoms with E-state index < -0.39 is 11.2 Å². The minimum absolute atomic E-state index is 0.134. The van der Waals surface area contributed by atoms with Gasteiger partial charge in [-0.2, -0.15) is 0 Å². The van der Waals surface area contributed by atoms with Gasteiger partial charge in [0, 0.05) is 0 Å². The number of hydrogen-bond donors (Lipinski definition) is 0. The molecule has 0 aromatic carbocycles. The molecule has 1 fully saturated rings. The van der Waals surface area contributed by atoms with Crippen molar-refractivity contribution in [1.82, 2.24) is 0 Å². The van der Waals surface area contributed by atoms with Crippen molar-refractivity contribution < 1.29 is 14.2 Å². The second kappa shape index (κ2) is 1.96. The zero-order chi connectivity index (χ0) is 8.98. The Morgan fingerprint density at radius 3 is 2.75 bits per heavy atom. The van der Waals surface area contributed by atoms with E-state index in [0.29, 0.717) is 6.61 Å². The molecule has 2 rings (SSSR count). The van der Waals surface area contributed by atoms with Crippen molar-refractivity contribution in [2.45, 2.75) is 26.6 Å². The molecule has 3 heteroatoms. The van der Waals surface area contributed by atoms with E-state index in [1.165, 1.54) is 0 Å². The summed E-state index contributed by atoms with van der Waals surface area (Å²) in [6.45, 7) is 7.24. The van der Waals surface area contributed by atoms with Crippen molar-refractivity contribution in [3.8, 4) is 0 Å². The summed E-state index contributed by atoms with van der Waals surface area (Å²) in [6, 6.07) is 0. The van der Waals surface area contributed by atoms with Crippen LogP contribution in [0.2, 0.25) is 0 Å². The lowest BCUT2D eigenvalue weighted by atomic mass is 9.84. The molecule has 0 bridgehead atoms. The first-order valence-corrected chi connectivity index (χ1v) is 4.21. The molecule has 12 heavy (non-hydrogen) atoms. The zero-order valence-corrected chi connectivity index (χ0v) is 7.72. The monoisotopic (exact) mass is 170 g/mol. The van der Waals surface area contributed by atoms with Gasteiger partial charge in [-0.1, -0.05) is 0 Å². The van der Waals surface area contributed by atoms with Crippen LogP contribution in [0.1, 0.15) is 20.8 Å². The first-order valence-electron chi connectivity index (χ1n) is 4.21. The van der Waals surface area contributed by atoms with E-state index in [4.69, 9.17) is 4.74 Å². The lowest BCUT2D eigenvalue weighted by Crippen LogP contribution is -2.45. The average Bonchev–Trinajstić information content (AvgIpc) is 2.39. The van der Waals surface area contributed by atoms with Gasteiger partial charge in [0.1, 0.15) is 6.61 Å². The lowest BCUT2D eigenvalue weighted by molar-refractivity contribution is -0.340. The van der Waals surface area contributed by atoms with Crippen LogP contribution in [0, 0.1) is 5.41 Å². The smallest absolute Gasteiger partial charge is 0.311 e. The van der Waals surface area contributed by atoms with Gasteiger partial charge >= 0.3 is 5.79 Å². The van der Waals surface area contributed by atoms with Crippen molar-refractivity contribution in [3.63, 3.8) is 0 Å². The third kappa shape index (κ3) is 0.654. The van der Waals surface area contributed by atoms with E-state index in [1.807, 2.05) is 20.8 Å². The Morgan fingerprint density at radius 1 is 1.50 bits per heavy atom. The third-order valence-electron chi connectivity index (χ3n) is 3.18. The van der Waals surface area contributed by atoms with E-state index >= 15 is 0 Å². The first kappa shape index (κ1) is 7.92. The van der Waals surface area contributed by atoms with Crippen LogP contribution in [-0.2, 0) is 9.10 Å². The van der Waals surface area contributed by atoms with Crippen LogP contribution in [0.5, 0.6) is 0 Å². The van der Waals surface area contributed by atoms with Gasteiger partial charge in [-0.05, 0) is 19.6 Å². The fourth-order valence-electron chi connectivity index (χ4n) is 1.78. The van der Waals surface area contributed by atoms with Crippen molar-refractivity contribution in [1.29, 1.82) is 0 Å². The van der Waals surface area contributed by atoms with Crippen molar-refractivity contribution >= 4 is 0 Å². The molecule has 0 saturated carbocycles. The molecule has 2 aliphatic rings. The molecule has 0 aliphatic carbocycles. The van der Waals surface area contributed by atoms with Crippen LogP contribution in [0.4, 0.5) is 0 Å². The Hall–Kier alpha value is -0.700. The molecule has 0 spiro atoms. The quantitative estimate of drug-likeness (QED) is 0.497. The van der Waals surface area contributed by atoms with Crippen molar-refractivity contribution in [2.24, 2.45) is 5.41 Å². The van der Waals surface area contributed by atoms with Crippen LogP contribution in [0.15, 0.2) is 12.0 Å². The molecular weight excluding hydrogens is 156 g/mol. The maximum atomic E-state index is 11.5. The second-order valence-corrected chi connectivity index (χ2v) is 4.03. The molecule has 68 valence electrons. The predicted octanol–water partition coefficient (Wildman–Crippen LogP) is 0.527. The average molecular weight is 170 g/mol. The van der Waals surface area contributed by atoms with E-state index in [0.717, 1.165) is 6.61 Å². The van der Waals surface area contributed by atoms with Crippen LogP contribution < -0.4 is 5.11 Å². The number of hydrogen-bond acceptors (Lipinski definition) is 2. The Morgan fingerprint density at radius 2 is 2.17 bits per heavy atom. The number of ether oxygens (including phenoxy) is 1. The molecule has 0 amide bonds. The molecule has 3 nitrogen and oxygen atoms in total. The Balaban J connectivity index is 2.43. The molecule has 0 radical (unpaired) electrons. The van der Waals surface area contributed by atoms with E-state index in [2.05, 4.69) is 4.37 Å². The van der Waals surface area contributed by atoms with Crippen LogP contribution >= 0.6 is 0 Å². The number of rotatable bonds is 0. The molecule has 1 saturated heterocycles. The highest BCUT2D eigenvalue weighted by molar-refractivity contribution is 5.14. The molecule has 0 aromatic rings. The summed E-state index contributed by atoms with van der Waals surface area (Å²) >= 11 is 0. The molecule has 0 aromatic heterocycles. The normalized spacial score (nSPS) is 38.2. The topological polar surface area (TPSA) is 35.0 Å². The molecule has 1 atom stereocenters. The highest BCUT2D eigenvalue weighted by Crippen LogP contribution is 2.51. The maximum absolute atomic E-state index is 11.5. The third-order valence-corrected chi connectivity index (χ3v) is 3.18. The molecule has 2 aliphatic heterocycles. The fraction of sp³-hybridized carbons (Fsp3) is 0.778.